The quantitative estimate of drug-likeness (QED) is 0.665. The van der Waals surface area contributed by atoms with E-state index in [1.165, 1.54) is 0 Å². The first-order chi connectivity index (χ1) is 12.6. The normalized spacial score (nSPS) is 10.1. The third-order valence-electron chi connectivity index (χ3n) is 4.05. The molecule has 134 valence electrons. The zero-order valence-electron chi connectivity index (χ0n) is 14.6. The summed E-state index contributed by atoms with van der Waals surface area (Å²) in [5, 5.41) is 20.5. The Morgan fingerprint density at radius 1 is 1.00 bits per heavy atom. The monoisotopic (exact) mass is 350 g/mol. The van der Waals surface area contributed by atoms with Crippen LogP contribution in [0.25, 0.3) is 11.1 Å². The van der Waals surface area contributed by atoms with Gasteiger partial charge in [0.2, 0.25) is 5.91 Å². The number of carboxylic acids is 1. The van der Waals surface area contributed by atoms with Crippen molar-refractivity contribution in [3.05, 3.63) is 59.7 Å². The van der Waals surface area contributed by atoms with Crippen molar-refractivity contribution < 1.29 is 14.7 Å². The van der Waals surface area contributed by atoms with Gasteiger partial charge >= 0.3 is 5.97 Å². The number of carbonyl (C=O) groups excluding carboxylic acids is 1. The van der Waals surface area contributed by atoms with Crippen LogP contribution in [0.1, 0.15) is 48.0 Å². The molecule has 0 radical (unpaired) electrons. The molecular weight excluding hydrogens is 328 g/mol. The molecule has 0 fully saturated rings. The van der Waals surface area contributed by atoms with Gasteiger partial charge in [-0.2, -0.15) is 5.26 Å². The molecule has 1 amide bonds. The average Bonchev–Trinajstić information content (AvgIpc) is 2.66. The van der Waals surface area contributed by atoms with E-state index in [4.69, 9.17) is 10.4 Å². The summed E-state index contributed by atoms with van der Waals surface area (Å²) in [5.74, 6) is -0.953. The van der Waals surface area contributed by atoms with Gasteiger partial charge in [-0.25, -0.2) is 4.79 Å². The summed E-state index contributed by atoms with van der Waals surface area (Å²) in [4.78, 5) is 23.0. The highest BCUT2D eigenvalue weighted by Crippen LogP contribution is 2.21. The Hall–Kier alpha value is -3.13. The maximum atomic E-state index is 11.9. The molecule has 5 nitrogen and oxygen atoms in total. The maximum absolute atomic E-state index is 11.9. The lowest BCUT2D eigenvalue weighted by Gasteiger charge is -2.08. The Labute approximate surface area is 153 Å². The van der Waals surface area contributed by atoms with Crippen LogP contribution in [0.4, 0.5) is 0 Å². The summed E-state index contributed by atoms with van der Waals surface area (Å²) in [6, 6.07) is 16.6. The molecule has 0 saturated heterocycles. The van der Waals surface area contributed by atoms with Gasteiger partial charge in [-0.3, -0.25) is 4.79 Å². The molecule has 0 aliphatic rings. The van der Waals surface area contributed by atoms with Crippen LogP contribution in [-0.2, 0) is 11.3 Å². The lowest BCUT2D eigenvalue weighted by Crippen LogP contribution is -2.22. The van der Waals surface area contributed by atoms with Gasteiger partial charge in [-0.05, 0) is 47.7 Å². The molecule has 2 rings (SSSR count). The summed E-state index contributed by atoms with van der Waals surface area (Å²) in [7, 11) is 0. The molecule has 2 aromatic rings. The Bertz CT molecular complexity index is 809. The van der Waals surface area contributed by atoms with Gasteiger partial charge in [-0.15, -0.1) is 0 Å². The molecule has 0 heterocycles. The minimum absolute atomic E-state index is 0.000218. The number of amides is 1. The highest BCUT2D eigenvalue weighted by atomic mass is 16.4. The zero-order chi connectivity index (χ0) is 18.8. The van der Waals surface area contributed by atoms with Gasteiger partial charge in [0, 0.05) is 19.4 Å². The second kappa shape index (κ2) is 10.00. The second-order valence-electron chi connectivity index (χ2n) is 6.08. The molecule has 0 bridgehead atoms. The van der Waals surface area contributed by atoms with E-state index in [0.717, 1.165) is 36.0 Å². The van der Waals surface area contributed by atoms with E-state index in [0.29, 0.717) is 19.4 Å². The third kappa shape index (κ3) is 6.06. The van der Waals surface area contributed by atoms with Crippen molar-refractivity contribution in [2.24, 2.45) is 0 Å². The zero-order valence-corrected chi connectivity index (χ0v) is 14.6. The van der Waals surface area contributed by atoms with Crippen molar-refractivity contribution >= 4 is 11.9 Å². The lowest BCUT2D eigenvalue weighted by molar-refractivity contribution is -0.121. The number of nitrogens with zero attached hydrogens (tertiary/aromatic N) is 1. The summed E-state index contributed by atoms with van der Waals surface area (Å²) in [5.41, 5.74) is 2.95. The first-order valence-corrected chi connectivity index (χ1v) is 8.66. The first-order valence-electron chi connectivity index (χ1n) is 8.66. The predicted octanol–water partition coefficient (Wildman–Crippen LogP) is 4.14. The highest BCUT2D eigenvalue weighted by molar-refractivity contribution is 5.89. The smallest absolute Gasteiger partial charge is 0.335 e. The van der Waals surface area contributed by atoms with E-state index in [1.807, 2.05) is 30.3 Å². The molecule has 2 aromatic carbocycles. The van der Waals surface area contributed by atoms with Crippen molar-refractivity contribution in [3.63, 3.8) is 0 Å². The van der Waals surface area contributed by atoms with E-state index in [9.17, 15) is 9.59 Å². The van der Waals surface area contributed by atoms with Gasteiger partial charge in [0.25, 0.3) is 0 Å². The molecule has 2 N–H and O–H groups in total. The number of hydrogen-bond donors (Lipinski definition) is 2. The predicted molar refractivity (Wildman–Crippen MR) is 99.4 cm³/mol. The fourth-order valence-electron chi connectivity index (χ4n) is 2.65. The highest BCUT2D eigenvalue weighted by Gasteiger charge is 2.06. The van der Waals surface area contributed by atoms with E-state index in [2.05, 4.69) is 11.4 Å². The fourth-order valence-corrected chi connectivity index (χ4v) is 2.65. The number of carbonyl (C=O) groups is 2. The molecule has 5 heteroatoms. The van der Waals surface area contributed by atoms with E-state index < -0.39 is 5.97 Å². The number of nitriles is 1. The molecule has 0 aliphatic carbocycles. The van der Waals surface area contributed by atoms with Crippen LogP contribution in [0, 0.1) is 11.3 Å². The number of nitrogens with one attached hydrogen (secondary N) is 1. The van der Waals surface area contributed by atoms with Crippen LogP contribution in [0.3, 0.4) is 0 Å². The Morgan fingerprint density at radius 3 is 2.46 bits per heavy atom. The standard InChI is InChI=1S/C21H22N2O3/c22-12-4-2-1-3-11-20(24)23-15-16-7-5-8-17(13-16)18-9-6-10-19(14-18)21(25)26/h5-10,13-14H,1-4,11,15H2,(H,23,24)(H,25,26). The number of unbranched alkanes of at least 4 members (excludes halogenated alkanes) is 3. The number of hydrogen-bond acceptors (Lipinski definition) is 3. The third-order valence-corrected chi connectivity index (χ3v) is 4.05. The summed E-state index contributed by atoms with van der Waals surface area (Å²) in [6.07, 6.45) is 3.51. The molecule has 0 unspecified atom stereocenters. The number of carboxylic acid groups (broad SMARTS) is 1. The lowest BCUT2D eigenvalue weighted by atomic mass is 10.0. The summed E-state index contributed by atoms with van der Waals surface area (Å²) < 4.78 is 0. The Kier molecular flexibility index (Phi) is 7.38. The van der Waals surface area contributed by atoms with Gasteiger partial charge in [0.05, 0.1) is 11.6 Å². The summed E-state index contributed by atoms with van der Waals surface area (Å²) >= 11 is 0. The van der Waals surface area contributed by atoms with E-state index in [-0.39, 0.29) is 11.5 Å². The number of benzene rings is 2. The van der Waals surface area contributed by atoms with Gasteiger partial charge in [0.1, 0.15) is 0 Å². The fraction of sp³-hybridized carbons (Fsp3) is 0.286. The maximum Gasteiger partial charge on any atom is 0.335 e. The van der Waals surface area contributed by atoms with Gasteiger partial charge < -0.3 is 10.4 Å². The Balaban J connectivity index is 1.91. The SMILES string of the molecule is N#CCCCCCC(=O)NCc1cccc(-c2cccc(C(=O)O)c2)c1. The van der Waals surface area contributed by atoms with E-state index in [1.54, 1.807) is 18.2 Å². The number of rotatable bonds is 9. The van der Waals surface area contributed by atoms with Gasteiger partial charge in [-0.1, -0.05) is 36.8 Å². The van der Waals surface area contributed by atoms with E-state index >= 15 is 0 Å². The second-order valence-corrected chi connectivity index (χ2v) is 6.08. The summed E-state index contributed by atoms with van der Waals surface area (Å²) in [6.45, 7) is 0.434. The molecule has 0 spiro atoms. The minimum atomic E-state index is -0.954. The molecule has 26 heavy (non-hydrogen) atoms. The van der Waals surface area contributed by atoms with Crippen molar-refractivity contribution in [2.45, 2.75) is 38.6 Å². The van der Waals surface area contributed by atoms with Crippen molar-refractivity contribution in [3.8, 4) is 17.2 Å². The minimum Gasteiger partial charge on any atom is -0.478 e. The van der Waals surface area contributed by atoms with Crippen LogP contribution in [0.2, 0.25) is 0 Å². The molecular formula is C21H22N2O3. The molecule has 0 saturated carbocycles. The van der Waals surface area contributed by atoms with Crippen LogP contribution >= 0.6 is 0 Å². The first kappa shape index (κ1) is 19.2. The molecule has 0 atom stereocenters. The molecule has 0 aromatic heterocycles. The number of aromatic carboxylic acids is 1. The van der Waals surface area contributed by atoms with Crippen molar-refractivity contribution in [1.29, 1.82) is 5.26 Å². The van der Waals surface area contributed by atoms with Crippen molar-refractivity contribution in [1.82, 2.24) is 5.32 Å². The van der Waals surface area contributed by atoms with Gasteiger partial charge in [0.15, 0.2) is 0 Å². The average molecular weight is 350 g/mol. The largest absolute Gasteiger partial charge is 0.478 e. The Morgan fingerprint density at radius 2 is 1.73 bits per heavy atom. The van der Waals surface area contributed by atoms with Crippen LogP contribution < -0.4 is 5.32 Å². The van der Waals surface area contributed by atoms with Crippen LogP contribution in [0.5, 0.6) is 0 Å². The topological polar surface area (TPSA) is 90.2 Å². The van der Waals surface area contributed by atoms with Crippen molar-refractivity contribution in [2.75, 3.05) is 0 Å². The molecule has 0 aliphatic heterocycles. The van der Waals surface area contributed by atoms with Crippen LogP contribution in [0.15, 0.2) is 48.5 Å². The van der Waals surface area contributed by atoms with Crippen LogP contribution in [-0.4, -0.2) is 17.0 Å².